The Labute approximate surface area is 225 Å². The molecule has 1 aromatic carbocycles. The Balaban J connectivity index is 2.47. The van der Waals surface area contributed by atoms with Crippen LogP contribution in [-0.2, 0) is 14.3 Å². The zero-order valence-corrected chi connectivity index (χ0v) is 23.9. The first-order valence-corrected chi connectivity index (χ1v) is 14.4. The molecular weight excluding hydrogens is 488 g/mol. The van der Waals surface area contributed by atoms with E-state index in [2.05, 4.69) is 16.7 Å². The third-order valence-electron chi connectivity index (χ3n) is 6.36. The van der Waals surface area contributed by atoms with Crippen molar-refractivity contribution < 1.29 is 19.1 Å². The van der Waals surface area contributed by atoms with Crippen LogP contribution in [0.4, 0.5) is 4.79 Å². The van der Waals surface area contributed by atoms with Gasteiger partial charge < -0.3 is 20.3 Å². The predicted octanol–water partition coefficient (Wildman–Crippen LogP) is 4.79. The summed E-state index contributed by atoms with van der Waals surface area (Å²) in [5, 5.41) is 15.6. The Kier molecular flexibility index (Phi) is 11.8. The molecule has 0 saturated heterocycles. The number of alkyl carbamates (subject to hydrolysis) is 1. The maximum absolute atomic E-state index is 14.0. The molecule has 1 fully saturated rings. The Morgan fingerprint density at radius 2 is 1.86 bits per heavy atom. The summed E-state index contributed by atoms with van der Waals surface area (Å²) in [5.41, 5.74) is 1.75. The standard InChI is InChI=1S/C28H42N4O4S/c1-19-12-13-20(2)22(18-19)24(25(33)30-21-10-8-7-9-11-21)32(16-15-29)26(34)23(14-17-37-6)31-27(35)36-28(3,4)5/h12-13,18,21,23-24H,7-11,14,16-17H2,1-6H3,(H,30,33)(H,31,35). The van der Waals surface area contributed by atoms with Crippen molar-refractivity contribution in [1.29, 1.82) is 5.26 Å². The lowest BCUT2D eigenvalue weighted by Gasteiger charge is -2.35. The van der Waals surface area contributed by atoms with Gasteiger partial charge in [-0.15, -0.1) is 0 Å². The molecule has 0 radical (unpaired) electrons. The summed E-state index contributed by atoms with van der Waals surface area (Å²) in [6, 6.07) is 5.95. The average Bonchev–Trinajstić information content (AvgIpc) is 2.82. The largest absolute Gasteiger partial charge is 0.444 e. The molecule has 0 heterocycles. The molecule has 1 aliphatic rings. The molecule has 2 unspecified atom stereocenters. The van der Waals surface area contributed by atoms with Crippen LogP contribution in [-0.4, -0.2) is 59.0 Å². The Hall–Kier alpha value is -2.73. The molecule has 37 heavy (non-hydrogen) atoms. The number of nitriles is 1. The van der Waals surface area contributed by atoms with Crippen molar-refractivity contribution in [3.8, 4) is 6.07 Å². The highest BCUT2D eigenvalue weighted by Crippen LogP contribution is 2.28. The van der Waals surface area contributed by atoms with Gasteiger partial charge in [-0.3, -0.25) is 9.59 Å². The molecular formula is C28H42N4O4S. The summed E-state index contributed by atoms with van der Waals surface area (Å²) < 4.78 is 5.39. The highest BCUT2D eigenvalue weighted by atomic mass is 32.2. The van der Waals surface area contributed by atoms with E-state index in [1.807, 2.05) is 38.3 Å². The fourth-order valence-corrected chi connectivity index (χ4v) is 5.02. The van der Waals surface area contributed by atoms with Gasteiger partial charge in [0.2, 0.25) is 11.8 Å². The molecule has 1 aromatic rings. The molecule has 204 valence electrons. The SMILES string of the molecule is CSCCC(NC(=O)OC(C)(C)C)C(=O)N(CC#N)C(C(=O)NC1CCCCC1)c1cc(C)ccc1C. The Morgan fingerprint density at radius 1 is 1.19 bits per heavy atom. The van der Waals surface area contributed by atoms with E-state index in [0.717, 1.165) is 43.2 Å². The number of amides is 3. The number of hydrogen-bond acceptors (Lipinski definition) is 6. The van der Waals surface area contributed by atoms with Gasteiger partial charge in [0.25, 0.3) is 0 Å². The van der Waals surface area contributed by atoms with E-state index in [1.165, 1.54) is 4.90 Å². The molecule has 2 N–H and O–H groups in total. The molecule has 0 bridgehead atoms. The number of benzene rings is 1. The van der Waals surface area contributed by atoms with Crippen molar-refractivity contribution in [2.75, 3.05) is 18.6 Å². The third kappa shape index (κ3) is 9.58. The van der Waals surface area contributed by atoms with E-state index in [-0.39, 0.29) is 18.5 Å². The summed E-state index contributed by atoms with van der Waals surface area (Å²) in [5.74, 6) is -0.175. The lowest BCUT2D eigenvalue weighted by molar-refractivity contribution is -0.142. The van der Waals surface area contributed by atoms with Crippen molar-refractivity contribution in [2.24, 2.45) is 0 Å². The maximum atomic E-state index is 14.0. The number of ether oxygens (including phenoxy) is 1. The number of nitrogens with zero attached hydrogens (tertiary/aromatic N) is 2. The van der Waals surface area contributed by atoms with E-state index >= 15 is 0 Å². The smallest absolute Gasteiger partial charge is 0.408 e. The molecule has 1 aliphatic carbocycles. The minimum atomic E-state index is -0.994. The monoisotopic (exact) mass is 530 g/mol. The summed E-state index contributed by atoms with van der Waals surface area (Å²) >= 11 is 1.54. The van der Waals surface area contributed by atoms with Crippen LogP contribution in [0, 0.1) is 25.2 Å². The average molecular weight is 531 g/mol. The van der Waals surface area contributed by atoms with Crippen LogP contribution in [0.15, 0.2) is 18.2 Å². The predicted molar refractivity (Wildman–Crippen MR) is 147 cm³/mol. The normalized spacial score (nSPS) is 15.7. The van der Waals surface area contributed by atoms with E-state index in [4.69, 9.17) is 4.74 Å². The first-order chi connectivity index (χ1) is 17.5. The number of aryl methyl sites for hydroxylation is 2. The molecule has 0 aliphatic heterocycles. The lowest BCUT2D eigenvalue weighted by atomic mass is 9.93. The molecule has 3 amide bonds. The van der Waals surface area contributed by atoms with Crippen molar-refractivity contribution in [3.63, 3.8) is 0 Å². The Bertz CT molecular complexity index is 979. The molecule has 0 spiro atoms. The highest BCUT2D eigenvalue weighted by Gasteiger charge is 2.37. The van der Waals surface area contributed by atoms with E-state index in [0.29, 0.717) is 17.7 Å². The van der Waals surface area contributed by atoms with Crippen LogP contribution in [0.25, 0.3) is 0 Å². The van der Waals surface area contributed by atoms with Gasteiger partial charge in [-0.05, 0) is 77.0 Å². The van der Waals surface area contributed by atoms with Gasteiger partial charge in [-0.1, -0.05) is 43.0 Å². The van der Waals surface area contributed by atoms with E-state index in [1.54, 1.807) is 32.5 Å². The first-order valence-electron chi connectivity index (χ1n) is 13.0. The molecule has 8 nitrogen and oxygen atoms in total. The van der Waals surface area contributed by atoms with Crippen LogP contribution >= 0.6 is 11.8 Å². The first kappa shape index (κ1) is 30.5. The number of hydrogen-bond donors (Lipinski definition) is 2. The molecule has 0 aromatic heterocycles. The van der Waals surface area contributed by atoms with Gasteiger partial charge in [0.1, 0.15) is 24.2 Å². The van der Waals surface area contributed by atoms with Crippen molar-refractivity contribution in [3.05, 3.63) is 34.9 Å². The van der Waals surface area contributed by atoms with Crippen molar-refractivity contribution in [1.82, 2.24) is 15.5 Å². The van der Waals surface area contributed by atoms with Crippen LogP contribution in [0.1, 0.15) is 82.0 Å². The topological polar surface area (TPSA) is 112 Å². The summed E-state index contributed by atoms with van der Waals surface area (Å²) in [6.07, 6.45) is 6.59. The summed E-state index contributed by atoms with van der Waals surface area (Å²) in [4.78, 5) is 41.7. The minimum absolute atomic E-state index is 0.0417. The second kappa shape index (κ2) is 14.3. The molecule has 9 heteroatoms. The zero-order valence-electron chi connectivity index (χ0n) is 23.1. The number of rotatable bonds is 10. The second-order valence-corrected chi connectivity index (χ2v) is 11.7. The molecule has 2 rings (SSSR count). The lowest BCUT2D eigenvalue weighted by Crippen LogP contribution is -2.54. The number of nitrogens with one attached hydrogen (secondary N) is 2. The highest BCUT2D eigenvalue weighted by molar-refractivity contribution is 7.98. The summed E-state index contributed by atoms with van der Waals surface area (Å²) in [7, 11) is 0. The number of carbonyl (C=O) groups excluding carboxylic acids is 3. The van der Waals surface area contributed by atoms with E-state index < -0.39 is 29.7 Å². The van der Waals surface area contributed by atoms with Gasteiger partial charge in [-0.25, -0.2) is 4.79 Å². The fraction of sp³-hybridized carbons (Fsp3) is 0.643. The van der Waals surface area contributed by atoms with Crippen LogP contribution < -0.4 is 10.6 Å². The number of carbonyl (C=O) groups is 3. The van der Waals surface area contributed by atoms with Gasteiger partial charge >= 0.3 is 6.09 Å². The summed E-state index contributed by atoms with van der Waals surface area (Å²) in [6.45, 7) is 8.79. The van der Waals surface area contributed by atoms with Crippen molar-refractivity contribution >= 4 is 29.7 Å². The quantitative estimate of drug-likeness (QED) is 0.421. The van der Waals surface area contributed by atoms with Gasteiger partial charge in [0.05, 0.1) is 6.07 Å². The minimum Gasteiger partial charge on any atom is -0.444 e. The number of thioether (sulfide) groups is 1. The molecule has 2 atom stereocenters. The molecule has 1 saturated carbocycles. The van der Waals surface area contributed by atoms with Gasteiger partial charge in [0.15, 0.2) is 0 Å². The Morgan fingerprint density at radius 3 is 2.46 bits per heavy atom. The maximum Gasteiger partial charge on any atom is 0.408 e. The van der Waals surface area contributed by atoms with Gasteiger partial charge in [-0.2, -0.15) is 17.0 Å². The third-order valence-corrected chi connectivity index (χ3v) is 7.01. The second-order valence-electron chi connectivity index (χ2n) is 10.7. The van der Waals surface area contributed by atoms with Crippen molar-refractivity contribution in [2.45, 2.75) is 96.9 Å². The van der Waals surface area contributed by atoms with Crippen LogP contribution in [0.2, 0.25) is 0 Å². The zero-order chi connectivity index (χ0) is 27.6. The van der Waals surface area contributed by atoms with E-state index in [9.17, 15) is 19.6 Å². The van der Waals surface area contributed by atoms with Crippen LogP contribution in [0.3, 0.4) is 0 Å². The van der Waals surface area contributed by atoms with Crippen LogP contribution in [0.5, 0.6) is 0 Å². The fourth-order valence-electron chi connectivity index (χ4n) is 4.55. The van der Waals surface area contributed by atoms with Gasteiger partial charge in [0, 0.05) is 6.04 Å².